The maximum atomic E-state index is 13.3. The van der Waals surface area contributed by atoms with Crippen LogP contribution in [0.3, 0.4) is 0 Å². The van der Waals surface area contributed by atoms with Crippen LogP contribution in [0, 0.1) is 0 Å². The molecule has 1 amide bonds. The highest BCUT2D eigenvalue weighted by molar-refractivity contribution is 5.76. The van der Waals surface area contributed by atoms with Gasteiger partial charge in [0.15, 0.2) is 12.6 Å². The largest absolute Gasteiger partial charge is 0.394 e. The van der Waals surface area contributed by atoms with Gasteiger partial charge >= 0.3 is 0 Å². The van der Waals surface area contributed by atoms with E-state index in [1.807, 2.05) is 0 Å². The number of unbranched alkanes of at least 4 members (excludes halogenated alkanes) is 24. The fourth-order valence-electron chi connectivity index (χ4n) is 11.0. The predicted octanol–water partition coefficient (Wildman–Crippen LogP) is 14.9. The first-order chi connectivity index (χ1) is 44.1. The van der Waals surface area contributed by atoms with Crippen molar-refractivity contribution < 1.29 is 64.6 Å². The van der Waals surface area contributed by atoms with Gasteiger partial charge in [-0.15, -0.1) is 0 Å². The first-order valence-electron chi connectivity index (χ1n) is 35.8. The van der Waals surface area contributed by atoms with Crippen LogP contribution in [0.1, 0.15) is 258 Å². The van der Waals surface area contributed by atoms with Crippen LogP contribution in [0.2, 0.25) is 0 Å². The van der Waals surface area contributed by atoms with Crippen LogP contribution >= 0.6 is 0 Å². The lowest BCUT2D eigenvalue weighted by Crippen LogP contribution is -2.65. The van der Waals surface area contributed by atoms with Gasteiger partial charge < -0.3 is 65.1 Å². The molecule has 516 valence electrons. The Kier molecular flexibility index (Phi) is 54.2. The molecule has 0 aromatic rings. The maximum Gasteiger partial charge on any atom is 0.220 e. The number of hydrogen-bond donors (Lipinski definition) is 9. The van der Waals surface area contributed by atoms with Crippen molar-refractivity contribution in [2.75, 3.05) is 19.8 Å². The molecular formula is C76H129NO13. The molecule has 0 aromatic heterocycles. The number of aliphatic hydroxyl groups is 8. The van der Waals surface area contributed by atoms with Crippen molar-refractivity contribution in [3.05, 3.63) is 122 Å². The summed E-state index contributed by atoms with van der Waals surface area (Å²) < 4.78 is 22.9. The number of hydrogen-bond acceptors (Lipinski definition) is 13. The molecule has 14 heteroatoms. The molecule has 2 saturated heterocycles. The molecule has 0 spiro atoms. The van der Waals surface area contributed by atoms with Gasteiger partial charge in [0.25, 0.3) is 0 Å². The molecule has 0 aliphatic carbocycles. The number of rotatable bonds is 57. The Morgan fingerprint density at radius 2 is 0.767 bits per heavy atom. The highest BCUT2D eigenvalue weighted by Crippen LogP contribution is 2.30. The minimum Gasteiger partial charge on any atom is -0.394 e. The molecule has 2 rings (SSSR count). The highest BCUT2D eigenvalue weighted by Gasteiger charge is 2.51. The summed E-state index contributed by atoms with van der Waals surface area (Å²) in [6, 6.07) is -0.842. The number of carbonyl (C=O) groups excluding carboxylic acids is 1. The Balaban J connectivity index is 1.63. The number of allylic oxidation sites excluding steroid dienone is 20. The van der Waals surface area contributed by atoms with Gasteiger partial charge in [0.2, 0.25) is 5.91 Å². The second kappa shape index (κ2) is 59.2. The molecule has 2 aliphatic rings. The Morgan fingerprint density at radius 1 is 0.411 bits per heavy atom. The van der Waals surface area contributed by atoms with Crippen LogP contribution in [-0.2, 0) is 23.7 Å². The fourth-order valence-corrected chi connectivity index (χ4v) is 11.0. The van der Waals surface area contributed by atoms with Crippen molar-refractivity contribution in [1.82, 2.24) is 5.32 Å². The van der Waals surface area contributed by atoms with Gasteiger partial charge in [-0.3, -0.25) is 4.79 Å². The van der Waals surface area contributed by atoms with E-state index in [9.17, 15) is 45.6 Å². The van der Waals surface area contributed by atoms with Crippen LogP contribution in [0.25, 0.3) is 0 Å². The summed E-state index contributed by atoms with van der Waals surface area (Å²) in [5.41, 5.74) is 0. The highest BCUT2D eigenvalue weighted by atomic mass is 16.7. The first kappa shape index (κ1) is 82.5. The Bertz CT molecular complexity index is 1980. The molecule has 2 aliphatic heterocycles. The van der Waals surface area contributed by atoms with Gasteiger partial charge in [-0.1, -0.05) is 283 Å². The minimum absolute atomic E-state index is 0.218. The van der Waals surface area contributed by atoms with E-state index in [-0.39, 0.29) is 18.9 Å². The SMILES string of the molecule is CC/C=C\C/C=C\C/C=C\C/C=C\C/C=C\C/C=C\C/C=C\C/C=C\C/C=C\C/C=C\CCCCCCCCCCC(=O)NC(COC1OC(CO)C(OC2OC(CO)C(O)C(O)C2O)C(O)C1O)C(O)CCCCCCCCCCCCCCCCCCC. The van der Waals surface area contributed by atoms with E-state index in [4.69, 9.17) is 18.9 Å². The van der Waals surface area contributed by atoms with Crippen molar-refractivity contribution >= 4 is 5.91 Å². The Morgan fingerprint density at radius 3 is 1.18 bits per heavy atom. The molecule has 14 nitrogen and oxygen atoms in total. The van der Waals surface area contributed by atoms with Crippen LogP contribution in [-0.4, -0.2) is 140 Å². The van der Waals surface area contributed by atoms with Crippen molar-refractivity contribution in [1.29, 1.82) is 0 Å². The molecule has 0 aromatic carbocycles. The molecule has 0 saturated carbocycles. The average molecular weight is 1260 g/mol. The summed E-state index contributed by atoms with van der Waals surface area (Å²) in [6.45, 7) is 2.75. The second-order valence-corrected chi connectivity index (χ2v) is 24.6. The molecule has 0 radical (unpaired) electrons. The predicted molar refractivity (Wildman–Crippen MR) is 368 cm³/mol. The van der Waals surface area contributed by atoms with Crippen molar-refractivity contribution in [3.8, 4) is 0 Å². The molecule has 90 heavy (non-hydrogen) atoms. The van der Waals surface area contributed by atoms with E-state index in [1.54, 1.807) is 0 Å². The van der Waals surface area contributed by atoms with Gasteiger partial charge in [-0.2, -0.15) is 0 Å². The zero-order valence-electron chi connectivity index (χ0n) is 56.1. The van der Waals surface area contributed by atoms with Crippen molar-refractivity contribution in [2.45, 2.75) is 331 Å². The number of ether oxygens (including phenoxy) is 4. The zero-order chi connectivity index (χ0) is 65.2. The molecule has 0 bridgehead atoms. The van der Waals surface area contributed by atoms with E-state index < -0.39 is 86.8 Å². The summed E-state index contributed by atoms with van der Waals surface area (Å²) in [6.07, 6.45) is 69.2. The van der Waals surface area contributed by atoms with Crippen LogP contribution < -0.4 is 5.32 Å². The number of carbonyl (C=O) groups is 1. The summed E-state index contributed by atoms with van der Waals surface area (Å²) in [5, 5.41) is 87.5. The molecular weight excluding hydrogens is 1130 g/mol. The van der Waals surface area contributed by atoms with Crippen LogP contribution in [0.4, 0.5) is 0 Å². The van der Waals surface area contributed by atoms with E-state index in [0.717, 1.165) is 122 Å². The number of amides is 1. The second-order valence-electron chi connectivity index (χ2n) is 24.6. The van der Waals surface area contributed by atoms with Crippen LogP contribution in [0.5, 0.6) is 0 Å². The lowest BCUT2D eigenvalue weighted by molar-refractivity contribution is -0.359. The number of nitrogens with one attached hydrogen (secondary N) is 1. The van der Waals surface area contributed by atoms with Gasteiger partial charge in [0.05, 0.1) is 32.0 Å². The average Bonchev–Trinajstić information content (AvgIpc) is 1.04. The number of aliphatic hydroxyl groups excluding tert-OH is 8. The minimum atomic E-state index is -1.79. The molecule has 12 unspecified atom stereocenters. The summed E-state index contributed by atoms with van der Waals surface area (Å²) in [5.74, 6) is -0.218. The van der Waals surface area contributed by atoms with E-state index >= 15 is 0 Å². The molecule has 12 atom stereocenters. The third-order valence-electron chi connectivity index (χ3n) is 16.7. The zero-order valence-corrected chi connectivity index (χ0v) is 56.1. The molecule has 2 heterocycles. The summed E-state index contributed by atoms with van der Waals surface area (Å²) in [4.78, 5) is 13.3. The summed E-state index contributed by atoms with van der Waals surface area (Å²) in [7, 11) is 0. The van der Waals surface area contributed by atoms with E-state index in [2.05, 4.69) is 141 Å². The van der Waals surface area contributed by atoms with E-state index in [0.29, 0.717) is 12.8 Å². The topological polar surface area (TPSA) is 228 Å². The molecule has 9 N–H and O–H groups in total. The Hall–Kier alpha value is -3.61. The lowest BCUT2D eigenvalue weighted by Gasteiger charge is -2.46. The first-order valence-corrected chi connectivity index (χ1v) is 35.8. The van der Waals surface area contributed by atoms with Gasteiger partial charge in [-0.25, -0.2) is 0 Å². The van der Waals surface area contributed by atoms with Crippen LogP contribution in [0.15, 0.2) is 122 Å². The smallest absolute Gasteiger partial charge is 0.220 e. The van der Waals surface area contributed by atoms with Gasteiger partial charge in [0, 0.05) is 6.42 Å². The summed E-state index contributed by atoms with van der Waals surface area (Å²) >= 11 is 0. The fraction of sp³-hybridized carbons (Fsp3) is 0.724. The normalized spacial score (nSPS) is 23.7. The van der Waals surface area contributed by atoms with Crippen molar-refractivity contribution in [3.63, 3.8) is 0 Å². The third kappa shape index (κ3) is 42.6. The van der Waals surface area contributed by atoms with E-state index in [1.165, 1.54) is 103 Å². The lowest BCUT2D eigenvalue weighted by atomic mass is 9.97. The third-order valence-corrected chi connectivity index (χ3v) is 16.7. The standard InChI is InChI=1S/C76H129NO13/c1-3-5-7-9-11-13-15-17-19-21-22-23-24-25-26-27-28-29-30-31-32-33-34-35-36-37-38-39-40-41-42-44-46-48-50-52-54-56-58-60-68(81)77-64(65(80)59-57-55-53-51-49-47-45-43-20-18-16-14-12-10-8-6-4-2)63-87-75-73(86)71(84)74(67(62-79)89-75)90-76-72(85)70(83)69(82)66(61-78)88-76/h5,7,11,13,17,19,22-23,25-26,28-29,31-32,34-35,37-38,40-41,64-67,69-76,78-80,82-86H,3-4,6,8-10,12,14-16,18,20-21,24,27,30,33,36,39,42-63H2,1-2H3,(H,77,81)/b7-5-,13-11-,19-17-,23-22-,26-25-,29-28-,32-31-,35-34-,38-37-,41-40-. The van der Waals surface area contributed by atoms with Crippen molar-refractivity contribution in [2.24, 2.45) is 0 Å². The Labute approximate surface area is 546 Å². The van der Waals surface area contributed by atoms with Gasteiger partial charge in [-0.05, 0) is 89.9 Å². The monoisotopic (exact) mass is 1260 g/mol. The maximum absolute atomic E-state index is 13.3. The quantitative estimate of drug-likeness (QED) is 0.0204. The molecule has 2 fully saturated rings. The van der Waals surface area contributed by atoms with Gasteiger partial charge in [0.1, 0.15) is 48.8 Å².